The van der Waals surface area contributed by atoms with E-state index < -0.39 is 55.6 Å². The smallest absolute Gasteiger partial charge is 0.389 e. The zero-order valence-electron chi connectivity index (χ0n) is 18.4. The quantitative estimate of drug-likeness (QED) is 0.256. The van der Waals surface area contributed by atoms with Crippen molar-refractivity contribution in [3.05, 3.63) is 0 Å². The zero-order valence-corrected chi connectivity index (χ0v) is 20.2. The number of carbonyl (C=O) groups is 1. The first-order valence-electron chi connectivity index (χ1n) is 9.89. The summed E-state index contributed by atoms with van der Waals surface area (Å²) in [6, 6.07) is -1.03. The lowest BCUT2D eigenvalue weighted by Crippen LogP contribution is -2.64. The molecule has 1 saturated heterocycles. The Kier molecular flexibility index (Phi) is 11.2. The first kappa shape index (κ1) is 27.8. The van der Waals surface area contributed by atoms with E-state index in [0.29, 0.717) is 0 Å². The summed E-state index contributed by atoms with van der Waals surface area (Å²) in [5.41, 5.74) is -0.669. The number of hydrogen-bond donors (Lipinski definition) is 4. The van der Waals surface area contributed by atoms with Gasteiger partial charge in [-0.25, -0.2) is 4.57 Å². The Balaban J connectivity index is 2.72. The normalized spacial score (nSPS) is 29.6. The second-order valence-corrected chi connectivity index (χ2v) is 12.6. The highest BCUT2D eigenvalue weighted by atomic mass is 32.7. The van der Waals surface area contributed by atoms with Crippen molar-refractivity contribution in [3.63, 3.8) is 0 Å². The third-order valence-electron chi connectivity index (χ3n) is 3.82. The van der Waals surface area contributed by atoms with E-state index in [1.54, 1.807) is 20.8 Å². The molecule has 0 aliphatic carbocycles. The Labute approximate surface area is 182 Å². The molecular formula is C18H36NO9PS. The van der Waals surface area contributed by atoms with Gasteiger partial charge in [0.05, 0.1) is 25.4 Å². The van der Waals surface area contributed by atoms with Crippen LogP contribution in [0.1, 0.15) is 41.5 Å². The SMILES string of the molecule is CC(=O)NC1C(OCCSP(=O)(OCC(C)C)OC(C)(C)C)OC(CO)C(O)C1O. The van der Waals surface area contributed by atoms with Crippen LogP contribution in [0, 0.1) is 5.92 Å². The Morgan fingerprint density at radius 1 is 1.27 bits per heavy atom. The molecule has 6 unspecified atom stereocenters. The second-order valence-electron chi connectivity index (χ2n) is 8.48. The van der Waals surface area contributed by atoms with Gasteiger partial charge in [0.25, 0.3) is 0 Å². The summed E-state index contributed by atoms with van der Waals surface area (Å²) in [6.07, 6.45) is -4.94. The summed E-state index contributed by atoms with van der Waals surface area (Å²) in [5, 5.41) is 32.1. The number of nitrogens with one attached hydrogen (secondary N) is 1. The predicted molar refractivity (Wildman–Crippen MR) is 113 cm³/mol. The van der Waals surface area contributed by atoms with Gasteiger partial charge in [0.15, 0.2) is 6.29 Å². The first-order chi connectivity index (χ1) is 13.8. The molecule has 1 amide bonds. The number of carbonyl (C=O) groups excluding carboxylic acids is 1. The van der Waals surface area contributed by atoms with Crippen LogP contribution in [0.2, 0.25) is 0 Å². The number of ether oxygens (including phenoxy) is 2. The van der Waals surface area contributed by atoms with E-state index in [1.165, 1.54) is 6.92 Å². The van der Waals surface area contributed by atoms with Crippen molar-refractivity contribution in [3.8, 4) is 0 Å². The van der Waals surface area contributed by atoms with Crippen LogP contribution in [-0.4, -0.2) is 83.0 Å². The fraction of sp³-hybridized carbons (Fsp3) is 0.944. The molecule has 0 spiro atoms. The summed E-state index contributed by atoms with van der Waals surface area (Å²) in [7, 11) is 0. The molecule has 0 aromatic rings. The maximum Gasteiger partial charge on any atom is 0.389 e. The van der Waals surface area contributed by atoms with Gasteiger partial charge in [0, 0.05) is 12.7 Å². The van der Waals surface area contributed by atoms with E-state index in [2.05, 4.69) is 5.32 Å². The highest BCUT2D eigenvalue weighted by Gasteiger charge is 2.45. The van der Waals surface area contributed by atoms with Crippen LogP contribution in [0.4, 0.5) is 0 Å². The monoisotopic (exact) mass is 473 g/mol. The number of rotatable bonds is 11. The summed E-state index contributed by atoms with van der Waals surface area (Å²) in [5.74, 6) is -0.0397. The van der Waals surface area contributed by atoms with Crippen LogP contribution >= 0.6 is 18.2 Å². The minimum absolute atomic E-state index is 0.0366. The average molecular weight is 474 g/mol. The molecule has 178 valence electrons. The lowest BCUT2D eigenvalue weighted by Gasteiger charge is -2.42. The lowest BCUT2D eigenvalue weighted by atomic mass is 9.97. The van der Waals surface area contributed by atoms with Crippen molar-refractivity contribution in [2.45, 2.75) is 77.8 Å². The molecule has 10 nitrogen and oxygen atoms in total. The highest BCUT2D eigenvalue weighted by Crippen LogP contribution is 2.62. The molecule has 1 fully saturated rings. The van der Waals surface area contributed by atoms with Crippen LogP contribution < -0.4 is 5.32 Å². The van der Waals surface area contributed by atoms with Crippen molar-refractivity contribution in [2.75, 3.05) is 25.6 Å². The minimum atomic E-state index is -3.45. The van der Waals surface area contributed by atoms with Crippen molar-refractivity contribution >= 4 is 24.1 Å². The molecule has 1 aliphatic rings. The lowest BCUT2D eigenvalue weighted by molar-refractivity contribution is -0.268. The maximum absolute atomic E-state index is 13.1. The minimum Gasteiger partial charge on any atom is -0.394 e. The Morgan fingerprint density at radius 2 is 1.90 bits per heavy atom. The first-order valence-corrected chi connectivity index (χ1v) is 13.0. The highest BCUT2D eigenvalue weighted by molar-refractivity contribution is 8.55. The number of hydrogen-bond acceptors (Lipinski definition) is 10. The van der Waals surface area contributed by atoms with E-state index in [0.717, 1.165) is 11.4 Å². The van der Waals surface area contributed by atoms with Gasteiger partial charge in [-0.05, 0) is 38.1 Å². The van der Waals surface area contributed by atoms with Gasteiger partial charge in [-0.3, -0.25) is 9.32 Å². The van der Waals surface area contributed by atoms with Crippen LogP contribution in [0.3, 0.4) is 0 Å². The zero-order chi connectivity index (χ0) is 23.1. The molecule has 4 N–H and O–H groups in total. The molecule has 1 rings (SSSR count). The standard InChI is InChI=1S/C18H36NO9PS/c1-11(2)10-26-29(24,28-18(4,5)6)30-8-7-25-17-14(19-12(3)21)16(23)15(22)13(9-20)27-17/h11,13-17,20,22-23H,7-10H2,1-6H3,(H,19,21). The van der Waals surface area contributed by atoms with E-state index >= 15 is 0 Å². The Bertz CT molecular complexity index is 586. The molecular weight excluding hydrogens is 437 g/mol. The van der Waals surface area contributed by atoms with Gasteiger partial charge in [0.1, 0.15) is 24.4 Å². The van der Waals surface area contributed by atoms with Gasteiger partial charge in [-0.15, -0.1) is 0 Å². The molecule has 0 bridgehead atoms. The van der Waals surface area contributed by atoms with Gasteiger partial charge in [0.2, 0.25) is 5.91 Å². The van der Waals surface area contributed by atoms with Crippen LogP contribution in [0.25, 0.3) is 0 Å². The average Bonchev–Trinajstić information content (AvgIpc) is 2.61. The van der Waals surface area contributed by atoms with Gasteiger partial charge >= 0.3 is 6.80 Å². The van der Waals surface area contributed by atoms with Crippen molar-refractivity contribution in [2.24, 2.45) is 5.92 Å². The fourth-order valence-electron chi connectivity index (χ4n) is 2.59. The van der Waals surface area contributed by atoms with E-state index in [-0.39, 0.29) is 24.9 Å². The van der Waals surface area contributed by atoms with Gasteiger partial charge < -0.3 is 34.6 Å². The molecule has 1 aliphatic heterocycles. The molecule has 12 heteroatoms. The molecule has 6 atom stereocenters. The Hall–Kier alpha value is -0.230. The third-order valence-corrected chi connectivity index (χ3v) is 7.76. The van der Waals surface area contributed by atoms with Crippen molar-refractivity contribution in [1.82, 2.24) is 5.32 Å². The summed E-state index contributed by atoms with van der Waals surface area (Å²) < 4.78 is 35.4. The van der Waals surface area contributed by atoms with Crippen LogP contribution in [0.15, 0.2) is 0 Å². The largest absolute Gasteiger partial charge is 0.394 e. The summed E-state index contributed by atoms with van der Waals surface area (Å²) in [6.45, 7) is 6.83. The molecule has 1 heterocycles. The molecule has 0 aromatic heterocycles. The second kappa shape index (κ2) is 12.1. The number of aliphatic hydroxyl groups is 3. The summed E-state index contributed by atoms with van der Waals surface area (Å²) in [4.78, 5) is 11.4. The number of amides is 1. The maximum atomic E-state index is 13.1. The number of aliphatic hydroxyl groups excluding tert-OH is 3. The molecule has 0 saturated carbocycles. The fourth-order valence-corrected chi connectivity index (χ4v) is 6.45. The van der Waals surface area contributed by atoms with Crippen LogP contribution in [0.5, 0.6) is 0 Å². The van der Waals surface area contributed by atoms with Gasteiger partial charge in [-0.1, -0.05) is 13.8 Å². The van der Waals surface area contributed by atoms with Crippen LogP contribution in [-0.2, 0) is 27.9 Å². The molecule has 0 radical (unpaired) electrons. The predicted octanol–water partition coefficient (Wildman–Crippen LogP) is 1.28. The molecule has 0 aromatic carbocycles. The van der Waals surface area contributed by atoms with E-state index in [1.807, 2.05) is 13.8 Å². The Morgan fingerprint density at radius 3 is 2.40 bits per heavy atom. The van der Waals surface area contributed by atoms with E-state index in [4.69, 9.17) is 18.5 Å². The van der Waals surface area contributed by atoms with Crippen molar-refractivity contribution in [1.29, 1.82) is 0 Å². The summed E-state index contributed by atoms with van der Waals surface area (Å²) >= 11 is 0.986. The van der Waals surface area contributed by atoms with E-state index in [9.17, 15) is 24.7 Å². The topological polar surface area (TPSA) is 144 Å². The third kappa shape index (κ3) is 9.50. The molecule has 30 heavy (non-hydrogen) atoms. The van der Waals surface area contributed by atoms with Gasteiger partial charge in [-0.2, -0.15) is 0 Å². The van der Waals surface area contributed by atoms with Crippen molar-refractivity contribution < 1.29 is 43.2 Å².